The predicted octanol–water partition coefficient (Wildman–Crippen LogP) is 2.98. The highest BCUT2D eigenvalue weighted by Gasteiger charge is 2.40. The molecule has 5 rings (SSSR count). The summed E-state index contributed by atoms with van der Waals surface area (Å²) in [5, 5.41) is 17.1. The molecule has 8 nitrogen and oxygen atoms in total. The molecule has 2 heterocycles. The van der Waals surface area contributed by atoms with Crippen LogP contribution in [0.2, 0.25) is 0 Å². The van der Waals surface area contributed by atoms with Crippen LogP contribution in [-0.4, -0.2) is 56.8 Å². The van der Waals surface area contributed by atoms with Crippen LogP contribution >= 0.6 is 0 Å². The van der Waals surface area contributed by atoms with Gasteiger partial charge in [-0.1, -0.05) is 30.3 Å². The Hall–Kier alpha value is -3.42. The van der Waals surface area contributed by atoms with Gasteiger partial charge in [0.1, 0.15) is 11.9 Å². The number of benzene rings is 2. The lowest BCUT2D eigenvalue weighted by Crippen LogP contribution is -2.47. The average molecular weight is 404 g/mol. The molecule has 1 aromatic heterocycles. The first-order valence-electron chi connectivity index (χ1n) is 10.4. The van der Waals surface area contributed by atoms with Crippen molar-refractivity contribution in [3.63, 3.8) is 0 Å². The number of nitrogens with zero attached hydrogens (tertiary/aromatic N) is 4. The molecule has 1 saturated carbocycles. The van der Waals surface area contributed by atoms with E-state index in [9.17, 15) is 4.79 Å². The van der Waals surface area contributed by atoms with Gasteiger partial charge in [0.15, 0.2) is 0 Å². The summed E-state index contributed by atoms with van der Waals surface area (Å²) in [7, 11) is 0. The lowest BCUT2D eigenvalue weighted by molar-refractivity contribution is 0.111. The van der Waals surface area contributed by atoms with Gasteiger partial charge in [0.2, 0.25) is 5.82 Å². The molecule has 0 bridgehead atoms. The fraction of sp³-hybridized carbons (Fsp3) is 0.364. The summed E-state index contributed by atoms with van der Waals surface area (Å²) < 4.78 is 6.10. The van der Waals surface area contributed by atoms with E-state index in [0.717, 1.165) is 30.6 Å². The average Bonchev–Trinajstić information content (AvgIpc) is 3.33. The summed E-state index contributed by atoms with van der Waals surface area (Å²) >= 11 is 0. The number of nitrogens with one attached hydrogen (secondary N) is 2. The van der Waals surface area contributed by atoms with E-state index in [1.807, 2.05) is 35.2 Å². The summed E-state index contributed by atoms with van der Waals surface area (Å²) in [5.41, 5.74) is 2.19. The highest BCUT2D eigenvalue weighted by molar-refractivity contribution is 5.75. The Kier molecular flexibility index (Phi) is 5.04. The minimum atomic E-state index is 0.0429. The lowest BCUT2D eigenvalue weighted by atomic mass is 10.1. The summed E-state index contributed by atoms with van der Waals surface area (Å²) in [6.45, 7) is 1.42. The molecule has 0 radical (unpaired) electrons. The molecule has 2 atom stereocenters. The standard InChI is InChI=1S/C22H24N6O2/c29-22(23-20-14-19(20)15-4-2-1-3-5-15)28-12-10-18(11-13-28)30-17-8-6-16(7-9-17)21-24-26-27-25-21/h1-9,18-20H,10-14H2,(H,23,29)(H,24,25,26,27)/t19-,20+/m1/s1. The van der Waals surface area contributed by atoms with Crippen molar-refractivity contribution in [2.24, 2.45) is 0 Å². The third kappa shape index (κ3) is 4.12. The Bertz CT molecular complexity index is 969. The molecular weight excluding hydrogens is 380 g/mol. The van der Waals surface area contributed by atoms with Crippen LogP contribution < -0.4 is 10.1 Å². The molecule has 2 aliphatic rings. The number of piperidine rings is 1. The molecule has 154 valence electrons. The molecule has 0 spiro atoms. The van der Waals surface area contributed by atoms with E-state index >= 15 is 0 Å². The Morgan fingerprint density at radius 2 is 1.83 bits per heavy atom. The molecule has 2 amide bonds. The molecule has 1 aliphatic carbocycles. The van der Waals surface area contributed by atoms with Gasteiger partial charge in [-0.3, -0.25) is 0 Å². The molecule has 30 heavy (non-hydrogen) atoms. The van der Waals surface area contributed by atoms with Crippen molar-refractivity contribution in [1.82, 2.24) is 30.8 Å². The maximum absolute atomic E-state index is 12.6. The number of H-pyrrole nitrogens is 1. The van der Waals surface area contributed by atoms with E-state index in [2.05, 4.69) is 50.2 Å². The number of carbonyl (C=O) groups is 1. The Morgan fingerprint density at radius 3 is 2.53 bits per heavy atom. The van der Waals surface area contributed by atoms with Crippen molar-refractivity contribution in [3.8, 4) is 17.1 Å². The maximum atomic E-state index is 12.6. The van der Waals surface area contributed by atoms with Crippen LogP contribution in [0.4, 0.5) is 4.79 Å². The second-order valence-corrected chi connectivity index (χ2v) is 7.87. The summed E-state index contributed by atoms with van der Waals surface area (Å²) in [5.74, 6) is 1.83. The zero-order valence-electron chi connectivity index (χ0n) is 16.6. The highest BCUT2D eigenvalue weighted by Crippen LogP contribution is 2.40. The Morgan fingerprint density at radius 1 is 1.07 bits per heavy atom. The zero-order valence-corrected chi connectivity index (χ0v) is 16.6. The monoisotopic (exact) mass is 404 g/mol. The minimum Gasteiger partial charge on any atom is -0.490 e. The largest absolute Gasteiger partial charge is 0.490 e. The van der Waals surface area contributed by atoms with Crippen molar-refractivity contribution in [3.05, 3.63) is 60.2 Å². The van der Waals surface area contributed by atoms with Gasteiger partial charge in [0, 0.05) is 43.5 Å². The molecular formula is C22H24N6O2. The smallest absolute Gasteiger partial charge is 0.317 e. The summed E-state index contributed by atoms with van der Waals surface area (Å²) in [4.78, 5) is 14.5. The zero-order chi connectivity index (χ0) is 20.3. The van der Waals surface area contributed by atoms with E-state index in [1.54, 1.807) is 0 Å². The van der Waals surface area contributed by atoms with Gasteiger partial charge in [0.25, 0.3) is 0 Å². The summed E-state index contributed by atoms with van der Waals surface area (Å²) in [6.07, 6.45) is 2.79. The van der Waals surface area contributed by atoms with Gasteiger partial charge in [-0.2, -0.15) is 5.21 Å². The van der Waals surface area contributed by atoms with Crippen LogP contribution in [0.5, 0.6) is 5.75 Å². The molecule has 8 heteroatoms. The first-order chi connectivity index (χ1) is 14.8. The normalized spacial score (nSPS) is 21.3. The molecule has 1 aliphatic heterocycles. The van der Waals surface area contributed by atoms with E-state index in [-0.39, 0.29) is 18.2 Å². The number of rotatable bonds is 5. The van der Waals surface area contributed by atoms with E-state index in [4.69, 9.17) is 4.74 Å². The van der Waals surface area contributed by atoms with Gasteiger partial charge in [0.05, 0.1) is 0 Å². The number of ether oxygens (including phenoxy) is 1. The number of hydrogen-bond donors (Lipinski definition) is 2. The number of carbonyl (C=O) groups excluding carboxylic acids is 1. The van der Waals surface area contributed by atoms with Crippen LogP contribution in [0.25, 0.3) is 11.4 Å². The fourth-order valence-electron chi connectivity index (χ4n) is 4.01. The van der Waals surface area contributed by atoms with Crippen LogP contribution in [0.3, 0.4) is 0 Å². The number of hydrogen-bond acceptors (Lipinski definition) is 5. The highest BCUT2D eigenvalue weighted by atomic mass is 16.5. The first-order valence-corrected chi connectivity index (χ1v) is 10.4. The summed E-state index contributed by atoms with van der Waals surface area (Å²) in [6, 6.07) is 18.4. The topological polar surface area (TPSA) is 96.0 Å². The van der Waals surface area contributed by atoms with E-state index in [1.165, 1.54) is 5.56 Å². The first kappa shape index (κ1) is 18.6. The quantitative estimate of drug-likeness (QED) is 0.682. The van der Waals surface area contributed by atoms with Gasteiger partial charge < -0.3 is 15.0 Å². The van der Waals surface area contributed by atoms with Gasteiger partial charge in [-0.05, 0) is 41.5 Å². The Balaban J connectivity index is 1.08. The third-order valence-corrected chi connectivity index (χ3v) is 5.82. The lowest BCUT2D eigenvalue weighted by Gasteiger charge is -2.32. The Labute approximate surface area is 174 Å². The molecule has 0 unspecified atom stereocenters. The van der Waals surface area contributed by atoms with Crippen LogP contribution in [0.15, 0.2) is 54.6 Å². The van der Waals surface area contributed by atoms with Crippen LogP contribution in [0, 0.1) is 0 Å². The molecule has 3 aromatic rings. The second-order valence-electron chi connectivity index (χ2n) is 7.87. The van der Waals surface area contributed by atoms with Gasteiger partial charge >= 0.3 is 6.03 Å². The molecule has 2 N–H and O–H groups in total. The second kappa shape index (κ2) is 8.14. The molecule has 2 fully saturated rings. The van der Waals surface area contributed by atoms with Crippen molar-refractivity contribution >= 4 is 6.03 Å². The van der Waals surface area contributed by atoms with Crippen molar-refractivity contribution < 1.29 is 9.53 Å². The fourth-order valence-corrected chi connectivity index (χ4v) is 4.01. The van der Waals surface area contributed by atoms with E-state index < -0.39 is 0 Å². The molecule has 2 aromatic carbocycles. The van der Waals surface area contributed by atoms with Crippen LogP contribution in [0.1, 0.15) is 30.7 Å². The van der Waals surface area contributed by atoms with E-state index in [0.29, 0.717) is 24.8 Å². The van der Waals surface area contributed by atoms with Gasteiger partial charge in [-0.15, -0.1) is 10.2 Å². The number of likely N-dealkylation sites (tertiary alicyclic amines) is 1. The minimum absolute atomic E-state index is 0.0429. The number of aromatic nitrogens is 4. The van der Waals surface area contributed by atoms with Crippen molar-refractivity contribution in [1.29, 1.82) is 0 Å². The van der Waals surface area contributed by atoms with Crippen molar-refractivity contribution in [2.45, 2.75) is 37.3 Å². The number of urea groups is 1. The number of amides is 2. The van der Waals surface area contributed by atoms with Gasteiger partial charge in [-0.25, -0.2) is 4.79 Å². The number of aromatic amines is 1. The molecule has 1 saturated heterocycles. The maximum Gasteiger partial charge on any atom is 0.317 e. The van der Waals surface area contributed by atoms with Crippen molar-refractivity contribution in [2.75, 3.05) is 13.1 Å². The number of tetrazole rings is 1. The SMILES string of the molecule is O=C(N[C@H]1C[C@@H]1c1ccccc1)N1CCC(Oc2ccc(-c3nn[nH]n3)cc2)CC1. The van der Waals surface area contributed by atoms with Crippen LogP contribution in [-0.2, 0) is 0 Å². The third-order valence-electron chi connectivity index (χ3n) is 5.82. The predicted molar refractivity (Wildman–Crippen MR) is 111 cm³/mol.